The lowest BCUT2D eigenvalue weighted by molar-refractivity contribution is 0.0131. The number of hydrogen-bond acceptors (Lipinski definition) is 8. The lowest BCUT2D eigenvalue weighted by Crippen LogP contribution is -2.37. The van der Waals surface area contributed by atoms with E-state index in [2.05, 4.69) is 25.6 Å². The summed E-state index contributed by atoms with van der Waals surface area (Å²) >= 11 is 0. The minimum atomic E-state index is -1.24. The van der Waals surface area contributed by atoms with Gasteiger partial charge in [0.2, 0.25) is 11.9 Å². The number of aliphatic hydroxyl groups excluding tert-OH is 1. The maximum Gasteiger partial charge on any atom is 0.322 e. The van der Waals surface area contributed by atoms with E-state index in [0.29, 0.717) is 5.95 Å². The van der Waals surface area contributed by atoms with Crippen molar-refractivity contribution < 1.29 is 14.9 Å². The number of methoxy groups -OCH3 is 1. The van der Waals surface area contributed by atoms with Crippen molar-refractivity contribution in [1.29, 1.82) is 0 Å². The Labute approximate surface area is 99.1 Å². The number of nitrogens with zero attached hydrogens (tertiary/aromatic N) is 3. The molecule has 4 N–H and O–H groups in total. The second kappa shape index (κ2) is 5.60. The largest absolute Gasteiger partial charge is 0.467 e. The summed E-state index contributed by atoms with van der Waals surface area (Å²) in [6.45, 7) is 1.25. The van der Waals surface area contributed by atoms with Crippen LogP contribution in [0.15, 0.2) is 0 Å². The Morgan fingerprint density at radius 3 is 2.47 bits per heavy atom. The molecular weight excluding hydrogens is 226 g/mol. The van der Waals surface area contributed by atoms with E-state index in [9.17, 15) is 5.11 Å². The monoisotopic (exact) mass is 243 g/mol. The normalized spacial score (nSPS) is 13.9. The van der Waals surface area contributed by atoms with E-state index in [0.717, 1.165) is 0 Å². The van der Waals surface area contributed by atoms with E-state index in [4.69, 9.17) is 9.84 Å². The molecule has 1 unspecified atom stereocenters. The molecule has 0 aromatic carbocycles. The molecule has 17 heavy (non-hydrogen) atoms. The lowest BCUT2D eigenvalue weighted by Gasteiger charge is -2.20. The summed E-state index contributed by atoms with van der Waals surface area (Å²) in [5, 5.41) is 24.1. The maximum absolute atomic E-state index is 9.61. The summed E-state index contributed by atoms with van der Waals surface area (Å²) < 4.78 is 4.90. The molecule has 1 rings (SSSR count). The SMILES string of the molecule is CNc1nc(NCC(C)(O)CO)nc(OC)n1. The fourth-order valence-corrected chi connectivity index (χ4v) is 0.964. The molecule has 0 saturated heterocycles. The number of aromatic nitrogens is 3. The van der Waals surface area contributed by atoms with E-state index in [-0.39, 0.29) is 25.1 Å². The minimum absolute atomic E-state index is 0.111. The molecule has 0 radical (unpaired) electrons. The molecule has 0 aliphatic rings. The van der Waals surface area contributed by atoms with Gasteiger partial charge in [-0.1, -0.05) is 0 Å². The molecule has 8 heteroatoms. The minimum Gasteiger partial charge on any atom is -0.467 e. The Hall–Kier alpha value is -1.67. The Morgan fingerprint density at radius 1 is 1.29 bits per heavy atom. The number of hydrogen-bond donors (Lipinski definition) is 4. The van der Waals surface area contributed by atoms with Crippen molar-refractivity contribution in [2.24, 2.45) is 0 Å². The average Bonchev–Trinajstić information content (AvgIpc) is 2.36. The Kier molecular flexibility index (Phi) is 4.41. The van der Waals surface area contributed by atoms with Gasteiger partial charge in [0.15, 0.2) is 0 Å². The smallest absolute Gasteiger partial charge is 0.322 e. The fourth-order valence-electron chi connectivity index (χ4n) is 0.964. The van der Waals surface area contributed by atoms with Gasteiger partial charge in [0.1, 0.15) is 5.60 Å². The van der Waals surface area contributed by atoms with Crippen molar-refractivity contribution in [2.45, 2.75) is 12.5 Å². The van der Waals surface area contributed by atoms with Crippen LogP contribution in [0.4, 0.5) is 11.9 Å². The summed E-state index contributed by atoms with van der Waals surface area (Å²) in [7, 11) is 3.12. The fraction of sp³-hybridized carbons (Fsp3) is 0.667. The molecule has 0 aliphatic heterocycles. The summed E-state index contributed by atoms with van der Waals surface area (Å²) in [6, 6.07) is 0.162. The first-order valence-electron chi connectivity index (χ1n) is 5.05. The van der Waals surface area contributed by atoms with Gasteiger partial charge in [0.05, 0.1) is 13.7 Å². The molecule has 96 valence electrons. The molecule has 0 fully saturated rings. The molecule has 1 aromatic heterocycles. The third kappa shape index (κ3) is 4.00. The molecule has 1 atom stereocenters. The highest BCUT2D eigenvalue weighted by Gasteiger charge is 2.19. The third-order valence-electron chi connectivity index (χ3n) is 1.99. The van der Waals surface area contributed by atoms with E-state index >= 15 is 0 Å². The number of ether oxygens (including phenoxy) is 1. The van der Waals surface area contributed by atoms with Crippen LogP contribution >= 0.6 is 0 Å². The van der Waals surface area contributed by atoms with Crippen LogP contribution in [0.1, 0.15) is 6.92 Å². The number of rotatable bonds is 6. The molecular formula is C9H17N5O3. The van der Waals surface area contributed by atoms with Crippen LogP contribution in [-0.2, 0) is 0 Å². The molecule has 8 nitrogen and oxygen atoms in total. The van der Waals surface area contributed by atoms with Crippen LogP contribution in [0.2, 0.25) is 0 Å². The van der Waals surface area contributed by atoms with Crippen LogP contribution in [-0.4, -0.2) is 58.1 Å². The van der Waals surface area contributed by atoms with Crippen molar-refractivity contribution in [2.75, 3.05) is 37.9 Å². The lowest BCUT2D eigenvalue weighted by atomic mass is 10.1. The van der Waals surface area contributed by atoms with Gasteiger partial charge in [-0.2, -0.15) is 15.0 Å². The van der Waals surface area contributed by atoms with Crippen LogP contribution < -0.4 is 15.4 Å². The zero-order chi connectivity index (χ0) is 12.9. The number of anilines is 2. The van der Waals surface area contributed by atoms with Gasteiger partial charge in [0, 0.05) is 13.6 Å². The van der Waals surface area contributed by atoms with E-state index < -0.39 is 5.60 Å². The van der Waals surface area contributed by atoms with Crippen LogP contribution in [0.25, 0.3) is 0 Å². The molecule has 1 aromatic rings. The Morgan fingerprint density at radius 2 is 1.94 bits per heavy atom. The summed E-state index contributed by atoms with van der Waals surface area (Å²) in [4.78, 5) is 11.9. The second-order valence-corrected chi connectivity index (χ2v) is 3.73. The predicted octanol–water partition coefficient (Wildman–Crippen LogP) is -0.923. The third-order valence-corrected chi connectivity index (χ3v) is 1.99. The molecule has 0 bridgehead atoms. The van der Waals surface area contributed by atoms with Gasteiger partial charge in [-0.25, -0.2) is 0 Å². The average molecular weight is 243 g/mol. The topological polar surface area (TPSA) is 112 Å². The van der Waals surface area contributed by atoms with Crippen molar-refractivity contribution in [3.63, 3.8) is 0 Å². The standard InChI is InChI=1S/C9H17N5O3/c1-9(16,5-15)4-11-7-12-6(10-2)13-8(14-7)17-3/h15-16H,4-5H2,1-3H3,(H2,10,11,12,13,14). The van der Waals surface area contributed by atoms with Crippen molar-refractivity contribution in [3.8, 4) is 6.01 Å². The first-order valence-corrected chi connectivity index (χ1v) is 5.05. The van der Waals surface area contributed by atoms with E-state index in [1.165, 1.54) is 14.0 Å². The van der Waals surface area contributed by atoms with Crippen LogP contribution in [0, 0.1) is 0 Å². The highest BCUT2D eigenvalue weighted by atomic mass is 16.5. The Bertz CT molecular complexity index is 349. The van der Waals surface area contributed by atoms with Crippen LogP contribution in [0.5, 0.6) is 6.01 Å². The van der Waals surface area contributed by atoms with Gasteiger partial charge < -0.3 is 25.6 Å². The zero-order valence-corrected chi connectivity index (χ0v) is 10.1. The van der Waals surface area contributed by atoms with Crippen LogP contribution in [0.3, 0.4) is 0 Å². The predicted molar refractivity (Wildman–Crippen MR) is 62.1 cm³/mol. The number of aliphatic hydroxyl groups is 2. The summed E-state index contributed by atoms with van der Waals surface area (Å²) in [5.41, 5.74) is -1.24. The molecule has 0 amide bonds. The molecule has 1 heterocycles. The van der Waals surface area contributed by atoms with Crippen molar-refractivity contribution in [3.05, 3.63) is 0 Å². The summed E-state index contributed by atoms with van der Waals surface area (Å²) in [6.07, 6.45) is 0. The first-order chi connectivity index (χ1) is 8.00. The number of nitrogens with one attached hydrogen (secondary N) is 2. The van der Waals surface area contributed by atoms with Crippen molar-refractivity contribution in [1.82, 2.24) is 15.0 Å². The summed E-state index contributed by atoms with van der Waals surface area (Å²) in [5.74, 6) is 0.609. The molecule has 0 aliphatic carbocycles. The van der Waals surface area contributed by atoms with E-state index in [1.54, 1.807) is 7.05 Å². The van der Waals surface area contributed by atoms with Crippen molar-refractivity contribution >= 4 is 11.9 Å². The van der Waals surface area contributed by atoms with Gasteiger partial charge >= 0.3 is 6.01 Å². The zero-order valence-electron chi connectivity index (χ0n) is 10.1. The highest BCUT2D eigenvalue weighted by molar-refractivity contribution is 5.35. The van der Waals surface area contributed by atoms with Gasteiger partial charge in [-0.15, -0.1) is 0 Å². The van der Waals surface area contributed by atoms with E-state index in [1.807, 2.05) is 0 Å². The molecule has 0 spiro atoms. The van der Waals surface area contributed by atoms with Gasteiger partial charge in [0.25, 0.3) is 0 Å². The molecule has 0 saturated carbocycles. The Balaban J connectivity index is 2.76. The van der Waals surface area contributed by atoms with Gasteiger partial charge in [-0.3, -0.25) is 0 Å². The van der Waals surface area contributed by atoms with Gasteiger partial charge in [-0.05, 0) is 6.92 Å². The quantitative estimate of drug-likeness (QED) is 0.507. The maximum atomic E-state index is 9.61. The highest BCUT2D eigenvalue weighted by Crippen LogP contribution is 2.11. The first kappa shape index (κ1) is 13.4. The second-order valence-electron chi connectivity index (χ2n) is 3.73.